The van der Waals surface area contributed by atoms with E-state index in [0.29, 0.717) is 12.3 Å². The quantitative estimate of drug-likeness (QED) is 0.665. The van der Waals surface area contributed by atoms with Crippen LogP contribution in [0.2, 0.25) is 0 Å². The van der Waals surface area contributed by atoms with E-state index in [2.05, 4.69) is 26.6 Å². The Morgan fingerprint density at radius 3 is 2.59 bits per heavy atom. The minimum atomic E-state index is -0.493. The van der Waals surface area contributed by atoms with Crippen molar-refractivity contribution in [1.29, 1.82) is 0 Å². The number of benzene rings is 2. The standard InChI is InChI=1S/C21H22BrN3O4/c1-2-29-16-9-7-15(8-10-16)24-19(26)12-23-21(28)14-11-20(27)25(13-14)18-6-4-3-5-17(18)22/h3-10,14H,2,11-13H2,1H3,(H,23,28)(H,24,26). The number of hydrogen-bond acceptors (Lipinski definition) is 4. The maximum atomic E-state index is 12.4. The van der Waals surface area contributed by atoms with Crippen LogP contribution in [0.1, 0.15) is 13.3 Å². The molecular formula is C21H22BrN3O4. The van der Waals surface area contributed by atoms with Crippen molar-refractivity contribution in [3.8, 4) is 5.75 Å². The Hall–Kier alpha value is -2.87. The molecule has 1 fully saturated rings. The Kier molecular flexibility index (Phi) is 6.87. The summed E-state index contributed by atoms with van der Waals surface area (Å²) in [7, 11) is 0. The minimum Gasteiger partial charge on any atom is -0.494 e. The monoisotopic (exact) mass is 459 g/mol. The van der Waals surface area contributed by atoms with Gasteiger partial charge in [-0.3, -0.25) is 14.4 Å². The first-order valence-electron chi connectivity index (χ1n) is 9.33. The predicted octanol–water partition coefficient (Wildman–Crippen LogP) is 2.96. The van der Waals surface area contributed by atoms with Gasteiger partial charge in [-0.15, -0.1) is 0 Å². The van der Waals surface area contributed by atoms with Crippen LogP contribution in [0.25, 0.3) is 0 Å². The number of halogens is 1. The summed E-state index contributed by atoms with van der Waals surface area (Å²) in [5, 5.41) is 5.33. The second-order valence-electron chi connectivity index (χ2n) is 6.58. The van der Waals surface area contributed by atoms with Gasteiger partial charge < -0.3 is 20.3 Å². The van der Waals surface area contributed by atoms with Crippen LogP contribution in [0.5, 0.6) is 5.75 Å². The highest BCUT2D eigenvalue weighted by Crippen LogP contribution is 2.31. The topological polar surface area (TPSA) is 87.7 Å². The fraction of sp³-hybridized carbons (Fsp3) is 0.286. The third-order valence-corrected chi connectivity index (χ3v) is 5.18. The molecule has 8 heteroatoms. The van der Waals surface area contributed by atoms with E-state index in [1.807, 2.05) is 31.2 Å². The van der Waals surface area contributed by atoms with Gasteiger partial charge in [0.15, 0.2) is 0 Å². The van der Waals surface area contributed by atoms with Gasteiger partial charge in [-0.1, -0.05) is 12.1 Å². The van der Waals surface area contributed by atoms with Gasteiger partial charge in [0.1, 0.15) is 5.75 Å². The smallest absolute Gasteiger partial charge is 0.243 e. The average Bonchev–Trinajstić information content (AvgIpc) is 3.10. The van der Waals surface area contributed by atoms with Gasteiger partial charge in [0.2, 0.25) is 17.7 Å². The van der Waals surface area contributed by atoms with Crippen LogP contribution in [0, 0.1) is 5.92 Å². The fourth-order valence-corrected chi connectivity index (χ4v) is 3.60. The van der Waals surface area contributed by atoms with Crippen LogP contribution in [-0.4, -0.2) is 37.4 Å². The molecule has 0 radical (unpaired) electrons. The number of amides is 3. The van der Waals surface area contributed by atoms with Gasteiger partial charge in [0, 0.05) is 23.1 Å². The Morgan fingerprint density at radius 1 is 1.17 bits per heavy atom. The van der Waals surface area contributed by atoms with Gasteiger partial charge in [0.05, 0.1) is 24.8 Å². The molecular weight excluding hydrogens is 438 g/mol. The highest BCUT2D eigenvalue weighted by molar-refractivity contribution is 9.10. The number of hydrogen-bond donors (Lipinski definition) is 2. The molecule has 3 amide bonds. The van der Waals surface area contributed by atoms with Crippen molar-refractivity contribution in [2.45, 2.75) is 13.3 Å². The molecule has 0 aromatic heterocycles. The number of carbonyl (C=O) groups excluding carboxylic acids is 3. The van der Waals surface area contributed by atoms with Crippen LogP contribution in [0.4, 0.5) is 11.4 Å². The molecule has 1 aliphatic heterocycles. The lowest BCUT2D eigenvalue weighted by Crippen LogP contribution is -2.37. The van der Waals surface area contributed by atoms with E-state index in [9.17, 15) is 14.4 Å². The first kappa shape index (κ1) is 20.9. The molecule has 29 heavy (non-hydrogen) atoms. The highest BCUT2D eigenvalue weighted by Gasteiger charge is 2.35. The molecule has 0 spiro atoms. The zero-order chi connectivity index (χ0) is 20.8. The molecule has 0 saturated carbocycles. The molecule has 0 bridgehead atoms. The van der Waals surface area contributed by atoms with Crippen molar-refractivity contribution in [3.63, 3.8) is 0 Å². The van der Waals surface area contributed by atoms with Crippen LogP contribution in [0.15, 0.2) is 53.0 Å². The van der Waals surface area contributed by atoms with E-state index in [0.717, 1.165) is 15.9 Å². The predicted molar refractivity (Wildman–Crippen MR) is 114 cm³/mol. The number of ether oxygens (including phenoxy) is 1. The molecule has 1 unspecified atom stereocenters. The molecule has 0 aliphatic carbocycles. The maximum absolute atomic E-state index is 12.4. The molecule has 1 atom stereocenters. The normalized spacial score (nSPS) is 15.9. The molecule has 152 valence electrons. The number of para-hydroxylation sites is 1. The first-order chi connectivity index (χ1) is 14.0. The van der Waals surface area contributed by atoms with Gasteiger partial charge in [-0.25, -0.2) is 0 Å². The van der Waals surface area contributed by atoms with Gasteiger partial charge >= 0.3 is 0 Å². The minimum absolute atomic E-state index is 0.115. The summed E-state index contributed by atoms with van der Waals surface area (Å²) in [5.41, 5.74) is 1.35. The largest absolute Gasteiger partial charge is 0.494 e. The summed E-state index contributed by atoms with van der Waals surface area (Å²) >= 11 is 3.43. The summed E-state index contributed by atoms with van der Waals surface area (Å²) in [5.74, 6) is -0.535. The fourth-order valence-electron chi connectivity index (χ4n) is 3.10. The number of rotatable bonds is 7. The van der Waals surface area contributed by atoms with Crippen molar-refractivity contribution in [3.05, 3.63) is 53.0 Å². The Morgan fingerprint density at radius 2 is 1.90 bits per heavy atom. The SMILES string of the molecule is CCOc1ccc(NC(=O)CNC(=O)C2CC(=O)N(c3ccccc3Br)C2)cc1. The second-order valence-corrected chi connectivity index (χ2v) is 7.43. The lowest BCUT2D eigenvalue weighted by atomic mass is 10.1. The Bertz CT molecular complexity index is 901. The molecule has 1 aliphatic rings. The maximum Gasteiger partial charge on any atom is 0.243 e. The third kappa shape index (κ3) is 5.35. The van der Waals surface area contributed by atoms with Crippen LogP contribution in [-0.2, 0) is 14.4 Å². The zero-order valence-electron chi connectivity index (χ0n) is 16.0. The molecule has 2 N–H and O–H groups in total. The van der Waals surface area contributed by atoms with Crippen molar-refractivity contribution in [2.75, 3.05) is 29.9 Å². The van der Waals surface area contributed by atoms with Crippen molar-refractivity contribution < 1.29 is 19.1 Å². The van der Waals surface area contributed by atoms with E-state index in [1.165, 1.54) is 0 Å². The Balaban J connectivity index is 1.50. The second kappa shape index (κ2) is 9.56. The number of nitrogens with one attached hydrogen (secondary N) is 2. The highest BCUT2D eigenvalue weighted by atomic mass is 79.9. The summed E-state index contributed by atoms with van der Waals surface area (Å²) in [6.45, 7) is 2.59. The van der Waals surface area contributed by atoms with Gasteiger partial charge in [0.25, 0.3) is 0 Å². The molecule has 2 aromatic carbocycles. The Labute approximate surface area is 177 Å². The molecule has 3 rings (SSSR count). The third-order valence-electron chi connectivity index (χ3n) is 4.51. The van der Waals surface area contributed by atoms with Crippen molar-refractivity contribution >= 4 is 45.0 Å². The van der Waals surface area contributed by atoms with E-state index in [-0.39, 0.29) is 37.2 Å². The van der Waals surface area contributed by atoms with Crippen LogP contribution >= 0.6 is 15.9 Å². The average molecular weight is 460 g/mol. The molecule has 7 nitrogen and oxygen atoms in total. The summed E-state index contributed by atoms with van der Waals surface area (Å²) in [4.78, 5) is 38.4. The van der Waals surface area contributed by atoms with Crippen LogP contribution in [0.3, 0.4) is 0 Å². The number of carbonyl (C=O) groups is 3. The van der Waals surface area contributed by atoms with Gasteiger partial charge in [-0.05, 0) is 59.3 Å². The molecule has 2 aromatic rings. The van der Waals surface area contributed by atoms with Crippen molar-refractivity contribution in [2.24, 2.45) is 5.92 Å². The lowest BCUT2D eigenvalue weighted by molar-refractivity contribution is -0.127. The molecule has 1 heterocycles. The molecule has 1 saturated heterocycles. The van der Waals surface area contributed by atoms with E-state index in [1.54, 1.807) is 29.2 Å². The van der Waals surface area contributed by atoms with Crippen LogP contribution < -0.4 is 20.3 Å². The zero-order valence-corrected chi connectivity index (χ0v) is 17.6. The number of anilines is 2. The van der Waals surface area contributed by atoms with E-state index in [4.69, 9.17) is 4.74 Å². The summed E-state index contributed by atoms with van der Waals surface area (Å²) < 4.78 is 6.15. The van der Waals surface area contributed by atoms with Gasteiger partial charge in [-0.2, -0.15) is 0 Å². The van der Waals surface area contributed by atoms with E-state index < -0.39 is 5.92 Å². The summed E-state index contributed by atoms with van der Waals surface area (Å²) in [6.07, 6.45) is 0.119. The summed E-state index contributed by atoms with van der Waals surface area (Å²) in [6, 6.07) is 14.4. The first-order valence-corrected chi connectivity index (χ1v) is 10.1. The van der Waals surface area contributed by atoms with E-state index >= 15 is 0 Å². The number of nitrogens with zero attached hydrogens (tertiary/aromatic N) is 1. The van der Waals surface area contributed by atoms with Crippen molar-refractivity contribution in [1.82, 2.24) is 5.32 Å². The lowest BCUT2D eigenvalue weighted by Gasteiger charge is -2.18.